The van der Waals surface area contributed by atoms with Crippen molar-refractivity contribution in [3.05, 3.63) is 101 Å². The number of H-pyrrole nitrogens is 1. The van der Waals surface area contributed by atoms with Crippen LogP contribution in [-0.4, -0.2) is 66.5 Å². The monoisotopic (exact) mass is 623 g/mol. The van der Waals surface area contributed by atoms with Crippen LogP contribution in [0.3, 0.4) is 0 Å². The van der Waals surface area contributed by atoms with Gasteiger partial charge in [-0.05, 0) is 96.1 Å². The Morgan fingerprint density at radius 1 is 0.957 bits per heavy atom. The van der Waals surface area contributed by atoms with Crippen LogP contribution >= 0.6 is 0 Å². The molecule has 3 aromatic carbocycles. The van der Waals surface area contributed by atoms with Gasteiger partial charge in [-0.1, -0.05) is 0 Å². The van der Waals surface area contributed by atoms with E-state index in [0.717, 1.165) is 73.2 Å². The minimum absolute atomic E-state index is 0.201. The predicted octanol–water partition coefficient (Wildman–Crippen LogP) is 5.75. The number of ether oxygens (including phenoxy) is 1. The minimum atomic E-state index is -0.633. The number of amides is 1. The molecule has 2 aromatic heterocycles. The van der Waals surface area contributed by atoms with Gasteiger partial charge in [-0.3, -0.25) is 14.9 Å². The molecule has 9 nitrogen and oxygen atoms in total. The van der Waals surface area contributed by atoms with Gasteiger partial charge in [0, 0.05) is 80.7 Å². The summed E-state index contributed by atoms with van der Waals surface area (Å²) in [5.41, 5.74) is 6.16. The highest BCUT2D eigenvalue weighted by molar-refractivity contribution is 6.11. The second kappa shape index (κ2) is 13.2. The average molecular weight is 624 g/mol. The second-order valence-electron chi connectivity index (χ2n) is 11.8. The molecule has 0 bridgehead atoms. The van der Waals surface area contributed by atoms with Crippen molar-refractivity contribution in [2.75, 3.05) is 54.9 Å². The fourth-order valence-electron chi connectivity index (χ4n) is 6.29. The van der Waals surface area contributed by atoms with E-state index in [2.05, 4.69) is 42.1 Å². The highest BCUT2D eigenvalue weighted by Crippen LogP contribution is 2.34. The van der Waals surface area contributed by atoms with Gasteiger partial charge in [-0.15, -0.1) is 0 Å². The van der Waals surface area contributed by atoms with Gasteiger partial charge in [-0.2, -0.15) is 5.10 Å². The van der Waals surface area contributed by atoms with Crippen molar-refractivity contribution in [1.82, 2.24) is 20.5 Å². The Morgan fingerprint density at radius 2 is 1.72 bits per heavy atom. The summed E-state index contributed by atoms with van der Waals surface area (Å²) in [6.07, 6.45) is 5.39. The molecule has 4 heterocycles. The molecule has 2 saturated heterocycles. The molecule has 0 saturated carbocycles. The van der Waals surface area contributed by atoms with Crippen LogP contribution in [0.1, 0.15) is 34.3 Å². The van der Waals surface area contributed by atoms with Crippen molar-refractivity contribution in [3.8, 4) is 11.1 Å². The number of anilines is 3. The number of nitrogens with one attached hydrogen (secondary N) is 4. The lowest BCUT2D eigenvalue weighted by molar-refractivity contribution is 0.0904. The lowest BCUT2D eigenvalue weighted by Gasteiger charge is -2.31. The van der Waals surface area contributed by atoms with E-state index in [1.165, 1.54) is 12.1 Å². The normalized spacial score (nSPS) is 15.7. The number of fused-ring (bicyclic) bond motifs is 1. The Kier molecular flexibility index (Phi) is 8.58. The number of aromatic nitrogens is 3. The number of carbonyl (C=O) groups excluding carboxylic acids is 1. The summed E-state index contributed by atoms with van der Waals surface area (Å²) in [4.78, 5) is 20.3. The Bertz CT molecular complexity index is 1830. The van der Waals surface area contributed by atoms with Crippen molar-refractivity contribution >= 4 is 34.0 Å². The van der Waals surface area contributed by atoms with Crippen LogP contribution in [0, 0.1) is 11.6 Å². The number of pyridine rings is 1. The molecule has 7 rings (SSSR count). The van der Waals surface area contributed by atoms with Crippen molar-refractivity contribution in [2.45, 2.75) is 25.3 Å². The van der Waals surface area contributed by atoms with E-state index in [1.807, 2.05) is 36.4 Å². The van der Waals surface area contributed by atoms with Gasteiger partial charge in [0.15, 0.2) is 5.82 Å². The zero-order chi connectivity index (χ0) is 31.5. The second-order valence-corrected chi connectivity index (χ2v) is 11.8. The topological polar surface area (TPSA) is 107 Å². The molecule has 0 spiro atoms. The molecule has 236 valence electrons. The van der Waals surface area contributed by atoms with Crippen molar-refractivity contribution in [2.24, 2.45) is 0 Å². The maximum Gasteiger partial charge on any atom is 0.258 e. The summed E-state index contributed by atoms with van der Waals surface area (Å²) in [6.45, 7) is 4.98. The van der Waals surface area contributed by atoms with E-state index < -0.39 is 11.6 Å². The molecule has 0 radical (unpaired) electrons. The molecule has 46 heavy (non-hydrogen) atoms. The van der Waals surface area contributed by atoms with Gasteiger partial charge < -0.3 is 25.6 Å². The Balaban J connectivity index is 1.22. The lowest BCUT2D eigenvalue weighted by Crippen LogP contribution is -2.43. The zero-order valence-corrected chi connectivity index (χ0v) is 25.3. The molecule has 2 aliphatic heterocycles. The van der Waals surface area contributed by atoms with Gasteiger partial charge in [0.05, 0.1) is 11.1 Å². The molecule has 1 amide bonds. The molecule has 11 heteroatoms. The fourth-order valence-corrected chi connectivity index (χ4v) is 6.29. The first-order chi connectivity index (χ1) is 22.5. The summed E-state index contributed by atoms with van der Waals surface area (Å²) in [7, 11) is 0. The smallest absolute Gasteiger partial charge is 0.258 e. The third kappa shape index (κ3) is 6.56. The minimum Gasteiger partial charge on any atom is -0.381 e. The van der Waals surface area contributed by atoms with Gasteiger partial charge in [-0.25, -0.2) is 8.78 Å². The van der Waals surface area contributed by atoms with Crippen molar-refractivity contribution in [3.63, 3.8) is 0 Å². The third-order valence-corrected chi connectivity index (χ3v) is 8.64. The SMILES string of the molecule is O=C(Nc1n[nH]c2cc(-c3ccncc3)c(Cc3cc(F)cc(F)c3)cc12)c1ccc(N2CCNCC2)cc1NC1CCOCC1. The van der Waals surface area contributed by atoms with Gasteiger partial charge >= 0.3 is 0 Å². The van der Waals surface area contributed by atoms with Gasteiger partial charge in [0.25, 0.3) is 5.91 Å². The van der Waals surface area contributed by atoms with E-state index in [1.54, 1.807) is 12.4 Å². The number of rotatable bonds is 8. The standard InChI is InChI=1S/C35H35F2N7O2/c36-25-16-22(17-26(37)19-25)15-24-18-31-33(21-30(24)23-3-7-38-8-4-23)42-43-34(31)41-35(45)29-2-1-28(44-11-9-39-10-12-44)20-32(29)40-27-5-13-46-14-6-27/h1-4,7-8,16-21,27,39-40H,5-6,9-15H2,(H2,41,42,43,45). The lowest BCUT2D eigenvalue weighted by atomic mass is 9.94. The summed E-state index contributed by atoms with van der Waals surface area (Å²) in [5, 5.41) is 18.2. The van der Waals surface area contributed by atoms with Crippen LogP contribution < -0.4 is 20.9 Å². The fraction of sp³-hybridized carbons (Fsp3) is 0.286. The number of hydrogen-bond donors (Lipinski definition) is 4. The van der Waals surface area contributed by atoms with E-state index in [9.17, 15) is 13.6 Å². The van der Waals surface area contributed by atoms with Crippen LogP contribution in [-0.2, 0) is 11.2 Å². The number of aromatic amines is 1. The molecular formula is C35H35F2N7O2. The Morgan fingerprint density at radius 3 is 2.48 bits per heavy atom. The van der Waals surface area contributed by atoms with Crippen LogP contribution in [0.4, 0.5) is 26.0 Å². The molecular weight excluding hydrogens is 588 g/mol. The van der Waals surface area contributed by atoms with Crippen molar-refractivity contribution < 1.29 is 18.3 Å². The number of carbonyl (C=O) groups is 1. The van der Waals surface area contributed by atoms with Crippen LogP contribution in [0.2, 0.25) is 0 Å². The highest BCUT2D eigenvalue weighted by atomic mass is 19.1. The highest BCUT2D eigenvalue weighted by Gasteiger charge is 2.22. The van der Waals surface area contributed by atoms with E-state index in [4.69, 9.17) is 4.74 Å². The molecule has 2 fully saturated rings. The van der Waals surface area contributed by atoms with Crippen LogP contribution in [0.15, 0.2) is 73.1 Å². The quantitative estimate of drug-likeness (QED) is 0.175. The molecule has 5 aromatic rings. The van der Waals surface area contributed by atoms with Crippen molar-refractivity contribution in [1.29, 1.82) is 0 Å². The van der Waals surface area contributed by atoms with E-state index in [-0.39, 0.29) is 18.4 Å². The van der Waals surface area contributed by atoms with Gasteiger partial charge in [0.2, 0.25) is 0 Å². The first-order valence-electron chi connectivity index (χ1n) is 15.6. The maximum absolute atomic E-state index is 14.1. The maximum atomic E-state index is 14.1. The van der Waals surface area contributed by atoms with E-state index in [0.29, 0.717) is 41.1 Å². The number of halogens is 2. The summed E-state index contributed by atoms with van der Waals surface area (Å²) >= 11 is 0. The third-order valence-electron chi connectivity index (χ3n) is 8.64. The molecule has 0 atom stereocenters. The largest absolute Gasteiger partial charge is 0.381 e. The Hall–Kier alpha value is -4.87. The first kappa shape index (κ1) is 29.8. The molecule has 0 unspecified atom stereocenters. The number of hydrogen-bond acceptors (Lipinski definition) is 7. The number of piperazine rings is 1. The molecule has 0 aliphatic carbocycles. The number of benzene rings is 3. The molecule has 4 N–H and O–H groups in total. The number of nitrogens with zero attached hydrogens (tertiary/aromatic N) is 3. The average Bonchev–Trinajstić information content (AvgIpc) is 3.46. The van der Waals surface area contributed by atoms with Gasteiger partial charge in [0.1, 0.15) is 11.6 Å². The summed E-state index contributed by atoms with van der Waals surface area (Å²) in [5.74, 6) is -1.19. The zero-order valence-electron chi connectivity index (χ0n) is 25.3. The summed E-state index contributed by atoms with van der Waals surface area (Å²) in [6, 6.07) is 17.3. The van der Waals surface area contributed by atoms with Crippen LogP contribution in [0.25, 0.3) is 22.0 Å². The first-order valence-corrected chi connectivity index (χ1v) is 15.6. The van der Waals surface area contributed by atoms with E-state index >= 15 is 0 Å². The Labute approximate surface area is 265 Å². The predicted molar refractivity (Wildman–Crippen MR) is 175 cm³/mol. The van der Waals surface area contributed by atoms with Crippen LogP contribution in [0.5, 0.6) is 0 Å². The summed E-state index contributed by atoms with van der Waals surface area (Å²) < 4.78 is 33.8. The molecule has 2 aliphatic rings.